The largest absolute Gasteiger partial charge is 1.00 e. The number of aliphatic hydroxyl groups is 1. The summed E-state index contributed by atoms with van der Waals surface area (Å²) in [6.45, 7) is 46.8. The van der Waals surface area contributed by atoms with Crippen LogP contribution in [0.25, 0.3) is 0 Å². The number of ether oxygens (including phenoxy) is 11. The zero-order valence-corrected chi connectivity index (χ0v) is 89.2. The standard InChI is InChI=1S/C22H22P.C15H27NO3.C15H25NO3.C13H23NO4.C13H24O3.C12H21NO4.C11H19NO4.C4H10O2.CH4.BrH/c1-4-10-20(11-5-1)23(18-19-16-17-19,21-12-6-2-7-13-21)22-14-8-3-9-15-22;2*1-14(2,3)19-13(17)16-12(9-8-11-6-7-11)10-18-15(16,4)5;1-13(2,3)18-12(17)14(4)10(11(15)16)8-7-9-5-6-9;1-13(2,3)16-12(15)8-11(9-14)7-6-10-4-5-10;1-12(2,3)17-11(16)13-9(10(14)15)7-6-8-4-5-8;1-10(2,3)16-9(14)12-8(6-13)7-15-11(12,4)5;1-5-3-4-6-2;;/h1-15,19H,16-18H2;11-12H,6-10H2,1-5H3;8-9,11-12H,6-7,10H2,1-5H3;9-10H,5-8H2,1-4H3,(H,15,16);10-11,14H,4-9H2,1-3H3;8-9H,4-7H2,1-3H3,(H,13,16)(H,14,15);6,8H,7H2,1-5H3;3-4H2,1-2H3;1H4;1H/q+1;;;;;;;;;/p-1/b;;9-8+;;;;;;;/t;2*12-;10-;11-;9-;8-;;;/m.000100.../s1. The zero-order valence-electron chi connectivity index (χ0n) is 86.7. The lowest BCUT2D eigenvalue weighted by atomic mass is 9.98. The smallest absolute Gasteiger partial charge is 0.413 e. The number of allylic oxidation sites excluding steroid dienone is 1. The van der Waals surface area contributed by atoms with E-state index in [1.807, 2.05) is 90.0 Å². The highest BCUT2D eigenvalue weighted by molar-refractivity contribution is 7.95. The number of likely N-dealkylation sites (N-methyl/N-ethyl adjacent to an activating group) is 1. The van der Waals surface area contributed by atoms with Crippen LogP contribution in [0.3, 0.4) is 0 Å². The molecule has 3 heterocycles. The lowest BCUT2D eigenvalue weighted by Gasteiger charge is -2.35. The summed E-state index contributed by atoms with van der Waals surface area (Å²) in [5, 5.41) is 34.3. The number of aliphatic hydroxyl groups excluding tert-OH is 1. The van der Waals surface area contributed by atoms with Gasteiger partial charge in [0.15, 0.2) is 0 Å². The molecule has 6 atom stereocenters. The van der Waals surface area contributed by atoms with Crippen molar-refractivity contribution in [3.63, 3.8) is 0 Å². The molecule has 6 saturated carbocycles. The minimum absolute atomic E-state index is 0. The first-order chi connectivity index (χ1) is 62.2. The molecule has 6 aliphatic carbocycles. The molecular formula is C106H175BrN5O23P. The van der Waals surface area contributed by atoms with Gasteiger partial charge in [0, 0.05) is 27.9 Å². The number of benzene rings is 3. The highest BCUT2D eigenvalue weighted by atomic mass is 79.9. The predicted octanol–water partition coefficient (Wildman–Crippen LogP) is 17.9. The molecule has 136 heavy (non-hydrogen) atoms. The van der Waals surface area contributed by atoms with Gasteiger partial charge < -0.3 is 94.5 Å². The molecule has 30 heteroatoms. The number of aliphatic carboxylic acids is 2. The zero-order chi connectivity index (χ0) is 101. The van der Waals surface area contributed by atoms with Crippen molar-refractivity contribution in [2.75, 3.05) is 67.1 Å². The number of amides is 5. The number of aldehydes is 1. The molecule has 0 spiro atoms. The van der Waals surface area contributed by atoms with Gasteiger partial charge in [0.2, 0.25) is 0 Å². The average molecular weight is 2000 g/mol. The molecule has 9 fully saturated rings. The summed E-state index contributed by atoms with van der Waals surface area (Å²) in [7, 11) is 3.24. The third-order valence-corrected chi connectivity index (χ3v) is 27.6. The Labute approximate surface area is 826 Å². The number of alkyl carbamates (subject to hydrolysis) is 1. The number of hydrogen-bond acceptors (Lipinski definition) is 21. The summed E-state index contributed by atoms with van der Waals surface area (Å²) in [5.41, 5.74) is -5.13. The van der Waals surface area contributed by atoms with E-state index >= 15 is 0 Å². The Kier molecular flexibility index (Phi) is 50.2. The molecule has 774 valence electrons. The third kappa shape index (κ3) is 48.1. The van der Waals surface area contributed by atoms with E-state index in [-0.39, 0.29) is 73.8 Å². The Morgan fingerprint density at radius 1 is 0.463 bits per heavy atom. The van der Waals surface area contributed by atoms with Gasteiger partial charge in [-0.05, 0) is 315 Å². The number of carboxylic acid groups (broad SMARTS) is 2. The number of rotatable bonds is 30. The van der Waals surface area contributed by atoms with Gasteiger partial charge in [-0.2, -0.15) is 0 Å². The van der Waals surface area contributed by atoms with E-state index in [1.165, 1.54) is 122 Å². The summed E-state index contributed by atoms with van der Waals surface area (Å²) in [6, 6.07) is 31.6. The fraction of sp³-hybridized carbons (Fsp3) is 0.726. The van der Waals surface area contributed by atoms with Crippen molar-refractivity contribution in [1.29, 1.82) is 0 Å². The van der Waals surface area contributed by atoms with E-state index < -0.39 is 106 Å². The third-order valence-electron chi connectivity index (χ3n) is 23.0. The van der Waals surface area contributed by atoms with E-state index in [9.17, 15) is 53.4 Å². The van der Waals surface area contributed by atoms with Gasteiger partial charge in [-0.1, -0.05) is 132 Å². The average Bonchev–Trinajstić information content (AvgIpc) is 1.13. The molecule has 4 N–H and O–H groups in total. The van der Waals surface area contributed by atoms with Gasteiger partial charge in [0.1, 0.15) is 98.4 Å². The molecule has 9 aliphatic rings. The number of nitrogens with one attached hydrogen (secondary N) is 1. The molecule has 0 bridgehead atoms. The van der Waals surface area contributed by atoms with Gasteiger partial charge in [0.25, 0.3) is 0 Å². The Hall–Kier alpha value is -7.50. The molecule has 3 saturated heterocycles. The van der Waals surface area contributed by atoms with Gasteiger partial charge in [-0.3, -0.25) is 24.4 Å². The molecule has 0 unspecified atom stereocenters. The number of nitrogens with zero attached hydrogens (tertiary/aromatic N) is 4. The Bertz CT molecular complexity index is 3990. The van der Waals surface area contributed by atoms with Gasteiger partial charge in [-0.15, -0.1) is 0 Å². The molecule has 28 nitrogen and oxygen atoms in total. The highest BCUT2D eigenvalue weighted by Gasteiger charge is 2.51. The van der Waals surface area contributed by atoms with Crippen molar-refractivity contribution >= 4 is 77.8 Å². The van der Waals surface area contributed by atoms with Crippen LogP contribution in [0.1, 0.15) is 308 Å². The normalized spacial score (nSPS) is 19.8. The van der Waals surface area contributed by atoms with E-state index in [0.29, 0.717) is 69.7 Å². The minimum Gasteiger partial charge on any atom is -1.00 e. The summed E-state index contributed by atoms with van der Waals surface area (Å²) < 4.78 is 57.9. The monoisotopic (exact) mass is 2000 g/mol. The first-order valence-electron chi connectivity index (χ1n) is 48.6. The topological polar surface area (TPSA) is 341 Å². The molecule has 3 aliphatic heterocycles. The number of esters is 1. The van der Waals surface area contributed by atoms with Crippen LogP contribution >= 0.6 is 7.26 Å². The van der Waals surface area contributed by atoms with Crippen molar-refractivity contribution in [3.05, 3.63) is 103 Å². The number of carboxylic acids is 2. The summed E-state index contributed by atoms with van der Waals surface area (Å²) in [6.07, 6.45) is 26.7. The second-order valence-corrected chi connectivity index (χ2v) is 47.8. The molecule has 12 rings (SSSR count). The van der Waals surface area contributed by atoms with Crippen LogP contribution in [-0.2, 0) is 71.3 Å². The van der Waals surface area contributed by atoms with E-state index in [4.69, 9.17) is 47.7 Å². The van der Waals surface area contributed by atoms with Crippen molar-refractivity contribution in [1.82, 2.24) is 24.9 Å². The minimum atomic E-state index is -1.55. The van der Waals surface area contributed by atoms with Crippen LogP contribution in [0.15, 0.2) is 103 Å². The fourth-order valence-corrected chi connectivity index (χ4v) is 19.8. The van der Waals surface area contributed by atoms with Gasteiger partial charge in [-0.25, -0.2) is 33.6 Å². The van der Waals surface area contributed by atoms with Crippen molar-refractivity contribution in [2.45, 2.75) is 389 Å². The van der Waals surface area contributed by atoms with Crippen LogP contribution in [-0.4, -0.2) is 238 Å². The summed E-state index contributed by atoms with van der Waals surface area (Å²) in [5.74, 6) is 2.54. The number of carbonyl (C=O) groups is 9. The van der Waals surface area contributed by atoms with Crippen LogP contribution in [0.5, 0.6) is 0 Å². The second kappa shape index (κ2) is 55.6. The van der Waals surface area contributed by atoms with Gasteiger partial charge in [0.05, 0.1) is 57.7 Å². The maximum absolute atomic E-state index is 12.4. The number of halogens is 1. The molecule has 0 radical (unpaired) electrons. The number of carbonyl (C=O) groups excluding carboxylic acids is 7. The van der Waals surface area contributed by atoms with Crippen LogP contribution in [0, 0.1) is 41.4 Å². The molecule has 0 aromatic heterocycles. The molecular weight excluding hydrogens is 1820 g/mol. The fourth-order valence-electron chi connectivity index (χ4n) is 15.1. The molecule has 5 amide bonds. The van der Waals surface area contributed by atoms with Crippen LogP contribution in [0.2, 0.25) is 0 Å². The summed E-state index contributed by atoms with van der Waals surface area (Å²) in [4.78, 5) is 110. The van der Waals surface area contributed by atoms with Gasteiger partial charge >= 0.3 is 48.4 Å². The van der Waals surface area contributed by atoms with E-state index in [0.717, 1.165) is 49.9 Å². The maximum atomic E-state index is 12.4. The Balaban J connectivity index is 0.000000405. The number of methoxy groups -OCH3 is 2. The van der Waals surface area contributed by atoms with Crippen LogP contribution in [0.4, 0.5) is 24.0 Å². The molecule has 3 aromatic rings. The SMILES string of the molecule is C.CC(C)(C)OC(=O)C[C@H](CO)CCC1CC1.CC(C)(C)OC(=O)N1[C@@H](/C=C/C2CC2)COC1(C)C.CC(C)(C)OC(=O)N1[C@@H](C=O)COC1(C)C.CC(C)(C)OC(=O)N1[C@@H](CCC2CC2)COC1(C)C.CC(C)(C)OC(=O)N[C@@H](CCC1CC1)C(=O)O.CN(C(=O)OC(C)(C)C)[C@@H](CCC1CC1)C(=O)O.COCCOC.[Br-].c1ccc([P+](CC2CC2)(c2ccccc2)c2ccccc2)cc1. The Morgan fingerprint density at radius 3 is 1.18 bits per heavy atom. The van der Waals surface area contributed by atoms with E-state index in [2.05, 4.69) is 118 Å². The second-order valence-electron chi connectivity index (χ2n) is 44.3. The van der Waals surface area contributed by atoms with E-state index in [1.54, 1.807) is 100 Å². The summed E-state index contributed by atoms with van der Waals surface area (Å²) >= 11 is 0. The highest BCUT2D eigenvalue weighted by Crippen LogP contribution is 2.60. The Morgan fingerprint density at radius 2 is 0.824 bits per heavy atom. The lowest BCUT2D eigenvalue weighted by Crippen LogP contribution is -3.00. The number of hydrogen-bond donors (Lipinski definition) is 4. The lowest BCUT2D eigenvalue weighted by molar-refractivity contribution is -0.156. The predicted molar refractivity (Wildman–Crippen MR) is 532 cm³/mol. The first-order valence-corrected chi connectivity index (χ1v) is 50.6. The maximum Gasteiger partial charge on any atom is 0.413 e. The van der Waals surface area contributed by atoms with Crippen molar-refractivity contribution in [2.24, 2.45) is 41.4 Å². The van der Waals surface area contributed by atoms with Crippen molar-refractivity contribution < 1.29 is 128 Å². The molecule has 3 aromatic carbocycles. The first kappa shape index (κ1) is 123. The quantitative estimate of drug-likeness (QED) is 0.0120. The van der Waals surface area contributed by atoms with Crippen molar-refractivity contribution in [3.8, 4) is 0 Å². The van der Waals surface area contributed by atoms with Crippen LogP contribution < -0.4 is 38.2 Å².